The highest BCUT2D eigenvalue weighted by molar-refractivity contribution is 5.81. The first-order chi connectivity index (χ1) is 7.84. The molecule has 0 amide bonds. The minimum absolute atomic E-state index is 0.784. The molecule has 2 heteroatoms. The van der Waals surface area contributed by atoms with Crippen LogP contribution in [0.3, 0.4) is 0 Å². The Kier molecular flexibility index (Phi) is 1.93. The molecule has 0 saturated carbocycles. The molecule has 0 spiro atoms. The summed E-state index contributed by atoms with van der Waals surface area (Å²) in [7, 11) is 0. The lowest BCUT2D eigenvalue weighted by molar-refractivity contribution is 1.13. The predicted octanol–water partition coefficient (Wildman–Crippen LogP) is 3.01. The van der Waals surface area contributed by atoms with Gasteiger partial charge in [0.2, 0.25) is 0 Å². The zero-order valence-corrected chi connectivity index (χ0v) is 8.72. The maximum Gasteiger partial charge on any atom is 0.0534 e. The van der Waals surface area contributed by atoms with Crippen LogP contribution in [0.2, 0.25) is 0 Å². The standard InChI is InChI=1S/C14H11N2/c15-12-5-7-13(8-6-12)16-10-9-11-3-1-2-4-14(11)16/h1,3-10H,15H2. The van der Waals surface area contributed by atoms with E-state index in [9.17, 15) is 0 Å². The Balaban J connectivity index is 2.22. The Hall–Kier alpha value is -2.22. The molecule has 0 unspecified atom stereocenters. The number of nitrogens with zero attached hydrogens (tertiary/aromatic N) is 1. The Morgan fingerprint density at radius 1 is 1.00 bits per heavy atom. The number of anilines is 1. The van der Waals surface area contributed by atoms with E-state index in [1.54, 1.807) is 0 Å². The average Bonchev–Trinajstić information content (AvgIpc) is 2.74. The third-order valence-corrected chi connectivity index (χ3v) is 2.71. The first-order valence-corrected chi connectivity index (χ1v) is 5.18. The van der Waals surface area contributed by atoms with E-state index in [1.165, 1.54) is 5.39 Å². The molecule has 1 aromatic heterocycles. The second-order valence-electron chi connectivity index (χ2n) is 3.76. The molecule has 0 atom stereocenters. The molecule has 3 aromatic rings. The summed E-state index contributed by atoms with van der Waals surface area (Å²) in [6.45, 7) is 0. The minimum Gasteiger partial charge on any atom is -0.399 e. The van der Waals surface area contributed by atoms with Crippen LogP contribution in [0, 0.1) is 6.07 Å². The molecule has 1 heterocycles. The summed E-state index contributed by atoms with van der Waals surface area (Å²) in [6, 6.07) is 19.0. The topological polar surface area (TPSA) is 30.9 Å². The SMILES string of the molecule is Nc1ccc(-n2ccc3cc[c]cc32)cc1. The number of fused-ring (bicyclic) bond motifs is 1. The molecule has 0 aliphatic rings. The van der Waals surface area contributed by atoms with Crippen LogP contribution < -0.4 is 5.73 Å². The molecule has 0 aliphatic carbocycles. The fraction of sp³-hybridized carbons (Fsp3) is 0. The van der Waals surface area contributed by atoms with Crippen LogP contribution in [0.4, 0.5) is 5.69 Å². The van der Waals surface area contributed by atoms with E-state index in [0.29, 0.717) is 0 Å². The van der Waals surface area contributed by atoms with Crippen LogP contribution in [0.25, 0.3) is 16.6 Å². The van der Waals surface area contributed by atoms with Crippen molar-refractivity contribution in [3.63, 3.8) is 0 Å². The van der Waals surface area contributed by atoms with Gasteiger partial charge in [-0.2, -0.15) is 0 Å². The number of nitrogen functional groups attached to an aromatic ring is 1. The van der Waals surface area contributed by atoms with Crippen molar-refractivity contribution in [2.24, 2.45) is 0 Å². The average molecular weight is 207 g/mol. The van der Waals surface area contributed by atoms with Gasteiger partial charge in [0.1, 0.15) is 0 Å². The summed E-state index contributed by atoms with van der Waals surface area (Å²) < 4.78 is 2.13. The maximum absolute atomic E-state index is 5.68. The van der Waals surface area contributed by atoms with Gasteiger partial charge in [-0.25, -0.2) is 0 Å². The zero-order valence-electron chi connectivity index (χ0n) is 8.72. The molecule has 3 rings (SSSR count). The van der Waals surface area contributed by atoms with Gasteiger partial charge in [-0.1, -0.05) is 12.1 Å². The van der Waals surface area contributed by atoms with Gasteiger partial charge < -0.3 is 10.3 Å². The Labute approximate surface area is 93.9 Å². The van der Waals surface area contributed by atoms with E-state index in [2.05, 4.69) is 29.0 Å². The molecule has 2 N–H and O–H groups in total. The van der Waals surface area contributed by atoms with Crippen LogP contribution >= 0.6 is 0 Å². The van der Waals surface area contributed by atoms with Gasteiger partial charge in [-0.3, -0.25) is 0 Å². The monoisotopic (exact) mass is 207 g/mol. The quantitative estimate of drug-likeness (QED) is 0.611. The van der Waals surface area contributed by atoms with Crippen LogP contribution in [-0.2, 0) is 0 Å². The van der Waals surface area contributed by atoms with Crippen LogP contribution in [0.5, 0.6) is 0 Å². The van der Waals surface area contributed by atoms with Crippen molar-refractivity contribution < 1.29 is 0 Å². The van der Waals surface area contributed by atoms with Crippen molar-refractivity contribution in [2.75, 3.05) is 5.73 Å². The fourth-order valence-corrected chi connectivity index (χ4v) is 1.88. The molecule has 0 saturated heterocycles. The summed E-state index contributed by atoms with van der Waals surface area (Å²) in [5, 5.41) is 1.22. The van der Waals surface area contributed by atoms with E-state index >= 15 is 0 Å². The predicted molar refractivity (Wildman–Crippen MR) is 66.5 cm³/mol. The van der Waals surface area contributed by atoms with E-state index in [-0.39, 0.29) is 0 Å². The van der Waals surface area contributed by atoms with Gasteiger partial charge in [-0.15, -0.1) is 0 Å². The third kappa shape index (κ3) is 1.36. The van der Waals surface area contributed by atoms with Crippen molar-refractivity contribution in [1.82, 2.24) is 4.57 Å². The van der Waals surface area contributed by atoms with E-state index in [4.69, 9.17) is 5.73 Å². The highest BCUT2D eigenvalue weighted by Crippen LogP contribution is 2.20. The number of aromatic nitrogens is 1. The molecular weight excluding hydrogens is 196 g/mol. The molecule has 77 valence electrons. The Morgan fingerprint density at radius 2 is 1.81 bits per heavy atom. The van der Waals surface area contributed by atoms with Gasteiger partial charge in [0.25, 0.3) is 0 Å². The van der Waals surface area contributed by atoms with Crippen molar-refractivity contribution in [2.45, 2.75) is 0 Å². The largest absolute Gasteiger partial charge is 0.399 e. The van der Waals surface area contributed by atoms with Crippen LogP contribution in [0.15, 0.2) is 54.7 Å². The number of rotatable bonds is 1. The maximum atomic E-state index is 5.68. The van der Waals surface area contributed by atoms with Gasteiger partial charge in [-0.05, 0) is 47.9 Å². The van der Waals surface area contributed by atoms with Gasteiger partial charge in [0.05, 0.1) is 5.52 Å². The molecule has 16 heavy (non-hydrogen) atoms. The molecule has 0 fully saturated rings. The highest BCUT2D eigenvalue weighted by atomic mass is 15.0. The van der Waals surface area contributed by atoms with Crippen molar-refractivity contribution in [3.8, 4) is 5.69 Å². The second kappa shape index (κ2) is 3.42. The Bertz CT molecular complexity index is 621. The normalized spacial score (nSPS) is 10.8. The Morgan fingerprint density at radius 3 is 2.62 bits per heavy atom. The summed E-state index contributed by atoms with van der Waals surface area (Å²) >= 11 is 0. The van der Waals surface area contributed by atoms with Crippen LogP contribution in [0.1, 0.15) is 0 Å². The first-order valence-electron chi connectivity index (χ1n) is 5.18. The summed E-state index contributed by atoms with van der Waals surface area (Å²) in [6.07, 6.45) is 2.06. The molecule has 1 radical (unpaired) electrons. The van der Waals surface area contributed by atoms with Gasteiger partial charge >= 0.3 is 0 Å². The van der Waals surface area contributed by atoms with Gasteiger partial charge in [0.15, 0.2) is 0 Å². The van der Waals surface area contributed by atoms with Gasteiger partial charge in [0, 0.05) is 17.6 Å². The molecular formula is C14H11N2. The molecule has 2 aromatic carbocycles. The van der Waals surface area contributed by atoms with E-state index in [1.807, 2.05) is 36.4 Å². The molecule has 0 bridgehead atoms. The van der Waals surface area contributed by atoms with Crippen molar-refractivity contribution in [1.29, 1.82) is 0 Å². The second-order valence-corrected chi connectivity index (χ2v) is 3.76. The smallest absolute Gasteiger partial charge is 0.0534 e. The fourth-order valence-electron chi connectivity index (χ4n) is 1.88. The summed E-state index contributed by atoms with van der Waals surface area (Å²) in [5.41, 5.74) is 8.74. The highest BCUT2D eigenvalue weighted by Gasteiger charge is 2.01. The lowest BCUT2D eigenvalue weighted by atomic mass is 10.2. The first kappa shape index (κ1) is 9.04. The zero-order chi connectivity index (χ0) is 11.0. The van der Waals surface area contributed by atoms with Crippen LogP contribution in [-0.4, -0.2) is 4.57 Å². The van der Waals surface area contributed by atoms with Crippen molar-refractivity contribution in [3.05, 3.63) is 60.8 Å². The number of benzene rings is 2. The van der Waals surface area contributed by atoms with Crippen molar-refractivity contribution >= 4 is 16.6 Å². The number of hydrogen-bond acceptors (Lipinski definition) is 1. The van der Waals surface area contributed by atoms with E-state index in [0.717, 1.165) is 16.9 Å². The molecule has 0 aliphatic heterocycles. The van der Waals surface area contributed by atoms with E-state index < -0.39 is 0 Å². The lowest BCUT2D eigenvalue weighted by Gasteiger charge is -2.05. The summed E-state index contributed by atoms with van der Waals surface area (Å²) in [4.78, 5) is 0. The summed E-state index contributed by atoms with van der Waals surface area (Å²) in [5.74, 6) is 0. The number of nitrogens with two attached hydrogens (primary N) is 1. The molecule has 2 nitrogen and oxygen atoms in total. The third-order valence-electron chi connectivity index (χ3n) is 2.71. The number of hydrogen-bond donors (Lipinski definition) is 1. The minimum atomic E-state index is 0.784. The lowest BCUT2D eigenvalue weighted by Crippen LogP contribution is -1.92.